The molecule has 0 aliphatic carbocycles. The third-order valence-electron chi connectivity index (χ3n) is 5.63. The summed E-state index contributed by atoms with van der Waals surface area (Å²) in [6, 6.07) is 9.76. The van der Waals surface area contributed by atoms with Crippen molar-refractivity contribution in [3.05, 3.63) is 58.9 Å². The molecule has 1 aliphatic heterocycles. The van der Waals surface area contributed by atoms with Crippen LogP contribution in [0.2, 0.25) is 0 Å². The highest BCUT2D eigenvalue weighted by atomic mass is 32.1. The first kappa shape index (κ1) is 26.5. The standard InChI is InChI=1S/C24H29FN2O5.H2S/c1-3-32-22-12-19(31-2)8-6-17(22)13-26-14-23(28)27-10-4-5-18(15-27)16-7-9-21(25)20(11-16)24(29)30;/h6-9,11-12,18,26H,3-5,10,13-15H2,1-2H3,(H,29,30);1H2. The molecule has 1 fully saturated rings. The average Bonchev–Trinajstić information content (AvgIpc) is 2.80. The number of carboxylic acid groups (broad SMARTS) is 1. The zero-order valence-corrected chi connectivity index (χ0v) is 19.9. The number of nitrogens with one attached hydrogen (secondary N) is 1. The Labute approximate surface area is 200 Å². The van der Waals surface area contributed by atoms with Gasteiger partial charge < -0.3 is 24.8 Å². The zero-order valence-electron chi connectivity index (χ0n) is 18.9. The Balaban J connectivity index is 0.00000385. The van der Waals surface area contributed by atoms with E-state index in [4.69, 9.17) is 9.47 Å². The highest BCUT2D eigenvalue weighted by Gasteiger charge is 2.25. The van der Waals surface area contributed by atoms with E-state index in [-0.39, 0.29) is 37.4 Å². The number of benzene rings is 2. The molecule has 0 bridgehead atoms. The largest absolute Gasteiger partial charge is 0.497 e. The van der Waals surface area contributed by atoms with Crippen molar-refractivity contribution in [2.24, 2.45) is 0 Å². The van der Waals surface area contributed by atoms with Crippen LogP contribution in [0, 0.1) is 5.82 Å². The number of carbonyl (C=O) groups is 2. The highest BCUT2D eigenvalue weighted by Crippen LogP contribution is 2.28. The van der Waals surface area contributed by atoms with E-state index in [9.17, 15) is 19.1 Å². The van der Waals surface area contributed by atoms with Gasteiger partial charge in [0, 0.05) is 37.2 Å². The molecule has 1 atom stereocenters. The van der Waals surface area contributed by atoms with Crippen molar-refractivity contribution < 1.29 is 28.6 Å². The number of likely N-dealkylation sites (tertiary alicyclic amines) is 1. The molecule has 1 saturated heterocycles. The van der Waals surface area contributed by atoms with E-state index in [1.807, 2.05) is 25.1 Å². The predicted octanol–water partition coefficient (Wildman–Crippen LogP) is 3.54. The zero-order chi connectivity index (χ0) is 23.1. The molecule has 33 heavy (non-hydrogen) atoms. The van der Waals surface area contributed by atoms with E-state index in [1.54, 1.807) is 18.1 Å². The summed E-state index contributed by atoms with van der Waals surface area (Å²) in [6.07, 6.45) is 1.63. The van der Waals surface area contributed by atoms with Crippen LogP contribution in [0.25, 0.3) is 0 Å². The van der Waals surface area contributed by atoms with Crippen LogP contribution in [-0.4, -0.2) is 55.2 Å². The van der Waals surface area contributed by atoms with Gasteiger partial charge in [0.15, 0.2) is 0 Å². The molecule has 2 aromatic rings. The molecule has 1 heterocycles. The number of ether oxygens (including phenoxy) is 2. The molecule has 1 amide bonds. The van der Waals surface area contributed by atoms with Crippen molar-refractivity contribution in [3.63, 3.8) is 0 Å². The second kappa shape index (κ2) is 12.5. The van der Waals surface area contributed by atoms with Crippen LogP contribution >= 0.6 is 13.5 Å². The maximum atomic E-state index is 13.7. The van der Waals surface area contributed by atoms with Gasteiger partial charge in [0.2, 0.25) is 5.91 Å². The number of rotatable bonds is 9. The summed E-state index contributed by atoms with van der Waals surface area (Å²) < 4.78 is 24.6. The van der Waals surface area contributed by atoms with E-state index >= 15 is 0 Å². The molecule has 3 rings (SSSR count). The minimum absolute atomic E-state index is 0. The molecule has 1 unspecified atom stereocenters. The summed E-state index contributed by atoms with van der Waals surface area (Å²) in [5.41, 5.74) is 1.34. The summed E-state index contributed by atoms with van der Waals surface area (Å²) in [7, 11) is 1.60. The summed E-state index contributed by atoms with van der Waals surface area (Å²) in [4.78, 5) is 25.8. The average molecular weight is 479 g/mol. The van der Waals surface area contributed by atoms with Crippen molar-refractivity contribution in [3.8, 4) is 11.5 Å². The Morgan fingerprint density at radius 1 is 1.24 bits per heavy atom. The Morgan fingerprint density at radius 2 is 2.03 bits per heavy atom. The molecule has 7 nitrogen and oxygen atoms in total. The Morgan fingerprint density at radius 3 is 2.73 bits per heavy atom. The number of amides is 1. The molecule has 0 aromatic heterocycles. The van der Waals surface area contributed by atoms with E-state index in [0.717, 1.165) is 29.7 Å². The SMILES string of the molecule is CCOc1cc(OC)ccc1CNCC(=O)N1CCCC(c2ccc(F)c(C(=O)O)c2)C1.S. The predicted molar refractivity (Wildman–Crippen MR) is 128 cm³/mol. The molecule has 180 valence electrons. The lowest BCUT2D eigenvalue weighted by Gasteiger charge is -2.33. The summed E-state index contributed by atoms with van der Waals surface area (Å²) in [5.74, 6) is -0.657. The second-order valence-electron chi connectivity index (χ2n) is 7.73. The molecular formula is C24H31FN2O5S. The molecule has 0 spiro atoms. The Bertz CT molecular complexity index is 972. The number of carbonyl (C=O) groups excluding carboxylic acids is 1. The van der Waals surface area contributed by atoms with Crippen LogP contribution in [0.15, 0.2) is 36.4 Å². The fraction of sp³-hybridized carbons (Fsp3) is 0.417. The minimum atomic E-state index is -1.29. The van der Waals surface area contributed by atoms with Crippen LogP contribution in [0.5, 0.6) is 11.5 Å². The monoisotopic (exact) mass is 478 g/mol. The molecule has 0 radical (unpaired) electrons. The number of hydrogen-bond donors (Lipinski definition) is 2. The van der Waals surface area contributed by atoms with Crippen molar-refractivity contribution in [1.82, 2.24) is 10.2 Å². The summed E-state index contributed by atoms with van der Waals surface area (Å²) >= 11 is 0. The van der Waals surface area contributed by atoms with Gasteiger partial charge in [-0.2, -0.15) is 13.5 Å². The van der Waals surface area contributed by atoms with Gasteiger partial charge >= 0.3 is 5.97 Å². The molecule has 9 heteroatoms. The lowest BCUT2D eigenvalue weighted by molar-refractivity contribution is -0.131. The molecule has 2 aromatic carbocycles. The van der Waals surface area contributed by atoms with Crippen LogP contribution in [0.1, 0.15) is 47.2 Å². The van der Waals surface area contributed by atoms with Crippen LogP contribution in [-0.2, 0) is 11.3 Å². The van der Waals surface area contributed by atoms with E-state index in [2.05, 4.69) is 5.32 Å². The van der Waals surface area contributed by atoms with Gasteiger partial charge in [-0.15, -0.1) is 0 Å². The Hall–Kier alpha value is -2.78. The van der Waals surface area contributed by atoms with Gasteiger partial charge in [-0.25, -0.2) is 9.18 Å². The van der Waals surface area contributed by atoms with Crippen LogP contribution in [0.4, 0.5) is 4.39 Å². The number of piperidine rings is 1. The Kier molecular flexibility index (Phi) is 9.99. The molecule has 1 aliphatic rings. The van der Waals surface area contributed by atoms with Crippen molar-refractivity contribution in [2.45, 2.75) is 32.2 Å². The van der Waals surface area contributed by atoms with Gasteiger partial charge in [0.1, 0.15) is 17.3 Å². The number of nitrogens with zero attached hydrogens (tertiary/aromatic N) is 1. The lowest BCUT2D eigenvalue weighted by Crippen LogP contribution is -2.43. The summed E-state index contributed by atoms with van der Waals surface area (Å²) in [5, 5.41) is 12.4. The van der Waals surface area contributed by atoms with Crippen molar-refractivity contribution in [1.29, 1.82) is 0 Å². The number of carboxylic acids is 1. The van der Waals surface area contributed by atoms with E-state index in [0.29, 0.717) is 32.0 Å². The fourth-order valence-electron chi connectivity index (χ4n) is 3.95. The van der Waals surface area contributed by atoms with Crippen LogP contribution < -0.4 is 14.8 Å². The van der Waals surface area contributed by atoms with E-state index in [1.165, 1.54) is 12.1 Å². The first-order chi connectivity index (χ1) is 15.4. The highest BCUT2D eigenvalue weighted by molar-refractivity contribution is 7.59. The first-order valence-electron chi connectivity index (χ1n) is 10.7. The van der Waals surface area contributed by atoms with Gasteiger partial charge in [-0.1, -0.05) is 12.1 Å². The maximum absolute atomic E-state index is 13.7. The number of halogens is 1. The maximum Gasteiger partial charge on any atom is 0.338 e. The molecule has 2 N–H and O–H groups in total. The normalized spacial score (nSPS) is 15.5. The third kappa shape index (κ3) is 6.85. The number of aromatic carboxylic acids is 1. The molecular weight excluding hydrogens is 447 g/mol. The fourth-order valence-corrected chi connectivity index (χ4v) is 3.95. The summed E-state index contributed by atoms with van der Waals surface area (Å²) in [6.45, 7) is 4.22. The first-order valence-corrected chi connectivity index (χ1v) is 10.7. The van der Waals surface area contributed by atoms with Crippen molar-refractivity contribution in [2.75, 3.05) is 33.4 Å². The quantitative estimate of drug-likeness (QED) is 0.573. The van der Waals surface area contributed by atoms with Gasteiger partial charge in [-0.05, 0) is 43.5 Å². The van der Waals surface area contributed by atoms with Crippen LogP contribution in [0.3, 0.4) is 0 Å². The van der Waals surface area contributed by atoms with Gasteiger partial charge in [0.25, 0.3) is 0 Å². The minimum Gasteiger partial charge on any atom is -0.497 e. The second-order valence-corrected chi connectivity index (χ2v) is 7.73. The topological polar surface area (TPSA) is 88.1 Å². The smallest absolute Gasteiger partial charge is 0.338 e. The third-order valence-corrected chi connectivity index (χ3v) is 5.63. The lowest BCUT2D eigenvalue weighted by atomic mass is 9.89. The number of methoxy groups -OCH3 is 1. The van der Waals surface area contributed by atoms with E-state index < -0.39 is 11.8 Å². The van der Waals surface area contributed by atoms with Gasteiger partial charge in [-0.3, -0.25) is 4.79 Å². The van der Waals surface area contributed by atoms with Crippen molar-refractivity contribution >= 4 is 25.4 Å². The molecule has 0 saturated carbocycles. The van der Waals surface area contributed by atoms with Gasteiger partial charge in [0.05, 0.1) is 25.8 Å². The number of hydrogen-bond acceptors (Lipinski definition) is 5.